The molecule has 0 heterocycles. The Kier molecular flexibility index (Phi) is 5.82. The van der Waals surface area contributed by atoms with Crippen LogP contribution in [-0.2, 0) is 6.42 Å². The predicted molar refractivity (Wildman–Crippen MR) is 86.1 cm³/mol. The number of benzene rings is 2. The van der Waals surface area contributed by atoms with Crippen molar-refractivity contribution in [1.82, 2.24) is 0 Å². The van der Waals surface area contributed by atoms with Gasteiger partial charge in [0.2, 0.25) is 0 Å². The van der Waals surface area contributed by atoms with Crippen LogP contribution in [0.1, 0.15) is 42.1 Å². The molecule has 110 valence electrons. The minimum absolute atomic E-state index is 0.370. The van der Waals surface area contributed by atoms with Gasteiger partial charge in [-0.1, -0.05) is 43.5 Å². The monoisotopic (exact) mass is 302 g/mol. The molecule has 0 amide bonds. The highest BCUT2D eigenvalue weighted by atomic mass is 35.5. The lowest BCUT2D eigenvalue weighted by molar-refractivity contribution is 0.0735. The normalized spacial score (nSPS) is 10.4. The number of ether oxygens (including phenoxy) is 1. The lowest BCUT2D eigenvalue weighted by Gasteiger charge is -2.06. The highest BCUT2D eigenvalue weighted by Crippen LogP contribution is 2.17. The first-order valence-electron chi connectivity index (χ1n) is 7.25. The molecule has 0 aliphatic heterocycles. The maximum atomic E-state index is 12.0. The van der Waals surface area contributed by atoms with Gasteiger partial charge in [-0.25, -0.2) is 4.79 Å². The summed E-state index contributed by atoms with van der Waals surface area (Å²) in [5, 5.41) is 0.600. The number of hydrogen-bond donors (Lipinski definition) is 0. The molecule has 0 spiro atoms. The number of carbonyl (C=O) groups is 1. The molecular weight excluding hydrogens is 284 g/mol. The summed E-state index contributed by atoms with van der Waals surface area (Å²) < 4.78 is 5.34. The van der Waals surface area contributed by atoms with E-state index in [0.29, 0.717) is 16.3 Å². The first kappa shape index (κ1) is 15.6. The van der Waals surface area contributed by atoms with Crippen LogP contribution in [0.3, 0.4) is 0 Å². The largest absolute Gasteiger partial charge is 0.423 e. The van der Waals surface area contributed by atoms with Crippen LogP contribution < -0.4 is 4.74 Å². The summed E-state index contributed by atoms with van der Waals surface area (Å²) >= 11 is 5.79. The summed E-state index contributed by atoms with van der Waals surface area (Å²) in [6.45, 7) is 2.19. The standard InChI is InChI=1S/C18H19ClO2/c1-2-3-4-5-14-6-12-17(13-7-14)21-18(20)15-8-10-16(19)11-9-15/h6-13H,2-5H2,1H3. The van der Waals surface area contributed by atoms with Gasteiger partial charge in [0.15, 0.2) is 0 Å². The molecule has 0 aromatic heterocycles. The van der Waals surface area contributed by atoms with Crippen molar-refractivity contribution < 1.29 is 9.53 Å². The molecular formula is C18H19ClO2. The van der Waals surface area contributed by atoms with Gasteiger partial charge < -0.3 is 4.74 Å². The third kappa shape index (κ3) is 4.91. The fourth-order valence-electron chi connectivity index (χ4n) is 2.06. The predicted octanol–water partition coefficient (Wildman–Crippen LogP) is 5.29. The van der Waals surface area contributed by atoms with Gasteiger partial charge >= 0.3 is 5.97 Å². The van der Waals surface area contributed by atoms with Crippen LogP contribution in [-0.4, -0.2) is 5.97 Å². The number of hydrogen-bond acceptors (Lipinski definition) is 2. The molecule has 0 atom stereocenters. The van der Waals surface area contributed by atoms with Gasteiger partial charge in [0.25, 0.3) is 0 Å². The Balaban J connectivity index is 1.93. The minimum Gasteiger partial charge on any atom is -0.423 e. The highest BCUT2D eigenvalue weighted by molar-refractivity contribution is 6.30. The lowest BCUT2D eigenvalue weighted by Crippen LogP contribution is -2.08. The number of halogens is 1. The van der Waals surface area contributed by atoms with Crippen molar-refractivity contribution in [3.8, 4) is 5.75 Å². The number of rotatable bonds is 6. The second-order valence-electron chi connectivity index (χ2n) is 5.00. The summed E-state index contributed by atoms with van der Waals surface area (Å²) in [6.07, 6.45) is 4.73. The molecule has 2 nitrogen and oxygen atoms in total. The van der Waals surface area contributed by atoms with Crippen molar-refractivity contribution in [2.45, 2.75) is 32.6 Å². The van der Waals surface area contributed by atoms with E-state index < -0.39 is 0 Å². The van der Waals surface area contributed by atoms with Crippen LogP contribution >= 0.6 is 11.6 Å². The van der Waals surface area contributed by atoms with Crippen LogP contribution in [0.15, 0.2) is 48.5 Å². The molecule has 2 aromatic rings. The van der Waals surface area contributed by atoms with Crippen molar-refractivity contribution in [1.29, 1.82) is 0 Å². The van der Waals surface area contributed by atoms with E-state index in [2.05, 4.69) is 6.92 Å². The maximum Gasteiger partial charge on any atom is 0.343 e. The molecule has 0 unspecified atom stereocenters. The van der Waals surface area contributed by atoms with Crippen LogP contribution in [0, 0.1) is 0 Å². The fraction of sp³-hybridized carbons (Fsp3) is 0.278. The summed E-state index contributed by atoms with van der Waals surface area (Å²) in [7, 11) is 0. The molecule has 2 rings (SSSR count). The van der Waals surface area contributed by atoms with Gasteiger partial charge in [0.05, 0.1) is 5.56 Å². The second kappa shape index (κ2) is 7.84. The van der Waals surface area contributed by atoms with Gasteiger partial charge in [0, 0.05) is 5.02 Å². The van der Waals surface area contributed by atoms with E-state index in [1.165, 1.54) is 24.8 Å². The first-order valence-corrected chi connectivity index (χ1v) is 7.63. The third-order valence-corrected chi connectivity index (χ3v) is 3.53. The quantitative estimate of drug-likeness (QED) is 0.411. The molecule has 3 heteroatoms. The Labute approximate surface area is 130 Å². The van der Waals surface area contributed by atoms with Crippen LogP contribution in [0.25, 0.3) is 0 Å². The Morgan fingerprint density at radius 3 is 2.29 bits per heavy atom. The molecule has 0 saturated heterocycles. The average Bonchev–Trinajstić information content (AvgIpc) is 2.50. The average molecular weight is 303 g/mol. The molecule has 0 N–H and O–H groups in total. The first-order chi connectivity index (χ1) is 10.2. The molecule has 21 heavy (non-hydrogen) atoms. The molecule has 0 aliphatic rings. The zero-order valence-corrected chi connectivity index (χ0v) is 12.9. The van der Waals surface area contributed by atoms with Crippen LogP contribution in [0.4, 0.5) is 0 Å². The van der Waals surface area contributed by atoms with Crippen molar-refractivity contribution in [2.75, 3.05) is 0 Å². The SMILES string of the molecule is CCCCCc1ccc(OC(=O)c2ccc(Cl)cc2)cc1. The van der Waals surface area contributed by atoms with Crippen molar-refractivity contribution in [2.24, 2.45) is 0 Å². The van der Waals surface area contributed by atoms with Crippen molar-refractivity contribution in [3.63, 3.8) is 0 Å². The van der Waals surface area contributed by atoms with E-state index in [9.17, 15) is 4.79 Å². The lowest BCUT2D eigenvalue weighted by atomic mass is 10.1. The summed E-state index contributed by atoms with van der Waals surface area (Å²) in [5.74, 6) is 0.194. The molecule has 0 aliphatic carbocycles. The number of carbonyl (C=O) groups excluding carboxylic acids is 1. The molecule has 0 saturated carbocycles. The van der Waals surface area contributed by atoms with Gasteiger partial charge in [-0.3, -0.25) is 0 Å². The minimum atomic E-state index is -0.370. The highest BCUT2D eigenvalue weighted by Gasteiger charge is 2.08. The number of aryl methyl sites for hydroxylation is 1. The van der Waals surface area contributed by atoms with E-state index in [1.54, 1.807) is 24.3 Å². The van der Waals surface area contributed by atoms with E-state index in [-0.39, 0.29) is 5.97 Å². The third-order valence-electron chi connectivity index (χ3n) is 3.28. The van der Waals surface area contributed by atoms with E-state index in [0.717, 1.165) is 6.42 Å². The van der Waals surface area contributed by atoms with Gasteiger partial charge in [0.1, 0.15) is 5.75 Å². The van der Waals surface area contributed by atoms with Crippen LogP contribution in [0.5, 0.6) is 5.75 Å². The number of esters is 1. The summed E-state index contributed by atoms with van der Waals surface area (Å²) in [4.78, 5) is 12.0. The van der Waals surface area contributed by atoms with Gasteiger partial charge in [-0.05, 0) is 54.8 Å². The summed E-state index contributed by atoms with van der Waals surface area (Å²) in [6, 6.07) is 14.4. The topological polar surface area (TPSA) is 26.3 Å². The fourth-order valence-corrected chi connectivity index (χ4v) is 2.18. The Morgan fingerprint density at radius 2 is 1.67 bits per heavy atom. The molecule has 0 radical (unpaired) electrons. The molecule has 0 bridgehead atoms. The zero-order valence-electron chi connectivity index (χ0n) is 12.1. The smallest absolute Gasteiger partial charge is 0.343 e. The Morgan fingerprint density at radius 1 is 1.00 bits per heavy atom. The van der Waals surface area contributed by atoms with Crippen molar-refractivity contribution >= 4 is 17.6 Å². The molecule has 2 aromatic carbocycles. The van der Waals surface area contributed by atoms with E-state index >= 15 is 0 Å². The maximum absolute atomic E-state index is 12.0. The van der Waals surface area contributed by atoms with Gasteiger partial charge in [-0.2, -0.15) is 0 Å². The second-order valence-corrected chi connectivity index (χ2v) is 5.43. The van der Waals surface area contributed by atoms with E-state index in [1.807, 2.05) is 24.3 Å². The Hall–Kier alpha value is -1.80. The van der Waals surface area contributed by atoms with Crippen molar-refractivity contribution in [3.05, 3.63) is 64.7 Å². The summed E-state index contributed by atoms with van der Waals surface area (Å²) in [5.41, 5.74) is 1.76. The molecule has 0 fully saturated rings. The Bertz CT molecular complexity index is 573. The zero-order chi connectivity index (χ0) is 15.1. The number of unbranched alkanes of at least 4 members (excludes halogenated alkanes) is 2. The van der Waals surface area contributed by atoms with E-state index in [4.69, 9.17) is 16.3 Å². The van der Waals surface area contributed by atoms with Crippen LogP contribution in [0.2, 0.25) is 5.02 Å². The van der Waals surface area contributed by atoms with Gasteiger partial charge in [-0.15, -0.1) is 0 Å².